The quantitative estimate of drug-likeness (QED) is 0.546. The molecular weight excluding hydrogens is 128 g/mol. The van der Waals surface area contributed by atoms with Crippen LogP contribution in [0.4, 0.5) is 0 Å². The zero-order chi connectivity index (χ0) is 7.40. The van der Waals surface area contributed by atoms with E-state index in [2.05, 4.69) is 16.5 Å². The van der Waals surface area contributed by atoms with E-state index in [1.165, 1.54) is 0 Å². The van der Waals surface area contributed by atoms with E-state index in [0.717, 1.165) is 26.2 Å². The molecule has 0 aromatic rings. The molecule has 3 heteroatoms. The van der Waals surface area contributed by atoms with E-state index < -0.39 is 0 Å². The molecule has 0 N–H and O–H groups in total. The molecule has 0 saturated carbocycles. The summed E-state index contributed by atoms with van der Waals surface area (Å²) in [6, 6.07) is 0. The van der Waals surface area contributed by atoms with Crippen molar-refractivity contribution < 1.29 is 4.74 Å². The Kier molecular flexibility index (Phi) is 3.12. The summed E-state index contributed by atoms with van der Waals surface area (Å²) < 4.78 is 4.94. The van der Waals surface area contributed by atoms with Gasteiger partial charge in [-0.25, -0.2) is 0 Å². The minimum atomic E-state index is 0.792. The molecule has 0 bridgehead atoms. The van der Waals surface area contributed by atoms with Crippen molar-refractivity contribution in [2.45, 2.75) is 0 Å². The standard InChI is InChI=1S/C7H14N2O/c1-8-3-4-9(7-8)5-6-10-2/h3-6H2,1-2H3. The summed E-state index contributed by atoms with van der Waals surface area (Å²) >= 11 is 0. The van der Waals surface area contributed by atoms with E-state index in [0.29, 0.717) is 0 Å². The van der Waals surface area contributed by atoms with Crippen molar-refractivity contribution in [2.75, 3.05) is 40.4 Å². The SMILES string of the molecule is COCCN1[C]N(C)CC1. The van der Waals surface area contributed by atoms with Gasteiger partial charge in [0.25, 0.3) is 0 Å². The monoisotopic (exact) mass is 142 g/mol. The molecule has 1 saturated heterocycles. The summed E-state index contributed by atoms with van der Waals surface area (Å²) in [6.07, 6.45) is 0. The molecular formula is C7H14N2O. The summed E-state index contributed by atoms with van der Waals surface area (Å²) in [5, 5.41) is 0. The van der Waals surface area contributed by atoms with Crippen LogP contribution in [0.1, 0.15) is 0 Å². The molecule has 2 radical (unpaired) electrons. The van der Waals surface area contributed by atoms with Gasteiger partial charge in [0, 0.05) is 26.7 Å². The molecule has 0 atom stereocenters. The highest BCUT2D eigenvalue weighted by Crippen LogP contribution is 2.04. The zero-order valence-corrected chi connectivity index (χ0v) is 6.63. The average molecular weight is 142 g/mol. The number of nitrogens with zero attached hydrogens (tertiary/aromatic N) is 2. The van der Waals surface area contributed by atoms with Crippen LogP contribution < -0.4 is 0 Å². The Balaban J connectivity index is 2.06. The van der Waals surface area contributed by atoms with Gasteiger partial charge in [-0.2, -0.15) is 0 Å². The number of hydrogen-bond donors (Lipinski definition) is 0. The average Bonchev–Trinajstić information content (AvgIpc) is 2.31. The summed E-state index contributed by atoms with van der Waals surface area (Å²) in [7, 11) is 3.76. The molecule has 0 spiro atoms. The highest BCUT2D eigenvalue weighted by molar-refractivity contribution is 4.76. The first-order valence-electron chi connectivity index (χ1n) is 3.54. The van der Waals surface area contributed by atoms with Crippen LogP contribution in [0.3, 0.4) is 0 Å². The van der Waals surface area contributed by atoms with Crippen LogP contribution in [-0.2, 0) is 4.74 Å². The van der Waals surface area contributed by atoms with Crippen LogP contribution >= 0.6 is 0 Å². The van der Waals surface area contributed by atoms with Gasteiger partial charge in [-0.15, -0.1) is 0 Å². The minimum Gasteiger partial charge on any atom is -0.383 e. The van der Waals surface area contributed by atoms with E-state index in [1.807, 2.05) is 7.05 Å². The van der Waals surface area contributed by atoms with E-state index in [1.54, 1.807) is 7.11 Å². The smallest absolute Gasteiger partial charge is 0.146 e. The molecule has 10 heavy (non-hydrogen) atoms. The predicted octanol–water partition coefficient (Wildman–Crippen LogP) is -0.124. The highest BCUT2D eigenvalue weighted by atomic mass is 16.5. The Morgan fingerprint density at radius 3 is 2.80 bits per heavy atom. The maximum atomic E-state index is 4.94. The van der Waals surface area contributed by atoms with Gasteiger partial charge in [0.1, 0.15) is 6.67 Å². The van der Waals surface area contributed by atoms with Crippen molar-refractivity contribution in [2.24, 2.45) is 0 Å². The van der Waals surface area contributed by atoms with Crippen molar-refractivity contribution >= 4 is 0 Å². The van der Waals surface area contributed by atoms with Gasteiger partial charge in [-0.05, 0) is 7.05 Å². The largest absolute Gasteiger partial charge is 0.383 e. The van der Waals surface area contributed by atoms with Gasteiger partial charge in [0.15, 0.2) is 0 Å². The van der Waals surface area contributed by atoms with E-state index in [-0.39, 0.29) is 0 Å². The molecule has 58 valence electrons. The van der Waals surface area contributed by atoms with Crippen LogP contribution in [0.25, 0.3) is 0 Å². The van der Waals surface area contributed by atoms with Crippen molar-refractivity contribution in [1.29, 1.82) is 0 Å². The first-order chi connectivity index (χ1) is 4.83. The van der Waals surface area contributed by atoms with Gasteiger partial charge < -0.3 is 4.74 Å². The molecule has 1 aliphatic rings. The lowest BCUT2D eigenvalue weighted by molar-refractivity contribution is 0.167. The maximum absolute atomic E-state index is 4.94. The van der Waals surface area contributed by atoms with Crippen molar-refractivity contribution in [3.63, 3.8) is 0 Å². The molecule has 1 aliphatic heterocycles. The molecule has 3 nitrogen and oxygen atoms in total. The van der Waals surface area contributed by atoms with E-state index in [4.69, 9.17) is 4.74 Å². The third-order valence-electron chi connectivity index (χ3n) is 1.58. The van der Waals surface area contributed by atoms with E-state index in [9.17, 15) is 0 Å². The van der Waals surface area contributed by atoms with Gasteiger partial charge in [-0.1, -0.05) is 0 Å². The lowest BCUT2D eigenvalue weighted by atomic mass is 10.5. The Hall–Kier alpha value is -0.120. The van der Waals surface area contributed by atoms with Gasteiger partial charge in [0.05, 0.1) is 6.61 Å². The molecule has 0 unspecified atom stereocenters. The van der Waals surface area contributed by atoms with Crippen molar-refractivity contribution in [3.8, 4) is 0 Å². The molecule has 0 amide bonds. The fourth-order valence-corrected chi connectivity index (χ4v) is 0.975. The lowest BCUT2D eigenvalue weighted by Crippen LogP contribution is -2.22. The van der Waals surface area contributed by atoms with Gasteiger partial charge in [-0.3, -0.25) is 9.80 Å². The zero-order valence-electron chi connectivity index (χ0n) is 6.63. The third kappa shape index (κ3) is 2.25. The van der Waals surface area contributed by atoms with Crippen molar-refractivity contribution in [3.05, 3.63) is 6.67 Å². The summed E-state index contributed by atoms with van der Waals surface area (Å²) in [4.78, 5) is 4.21. The molecule has 0 aliphatic carbocycles. The number of ether oxygens (including phenoxy) is 1. The van der Waals surface area contributed by atoms with Crippen LogP contribution in [0.15, 0.2) is 0 Å². The van der Waals surface area contributed by atoms with Crippen LogP contribution in [0, 0.1) is 6.67 Å². The van der Waals surface area contributed by atoms with E-state index >= 15 is 0 Å². The number of likely N-dealkylation sites (N-methyl/N-ethyl adjacent to an activating group) is 1. The van der Waals surface area contributed by atoms with Crippen LogP contribution in [-0.4, -0.2) is 50.2 Å². The summed E-state index contributed by atoms with van der Waals surface area (Å²) in [5.74, 6) is 0. The van der Waals surface area contributed by atoms with Crippen LogP contribution in [0.5, 0.6) is 0 Å². The summed E-state index contributed by atoms with van der Waals surface area (Å²) in [5.41, 5.74) is 0. The third-order valence-corrected chi connectivity index (χ3v) is 1.58. The highest BCUT2D eigenvalue weighted by Gasteiger charge is 2.16. The van der Waals surface area contributed by atoms with Crippen LogP contribution in [0.2, 0.25) is 0 Å². The minimum absolute atomic E-state index is 0.792. The number of rotatable bonds is 3. The first kappa shape index (κ1) is 7.98. The Bertz CT molecular complexity index is 97.6. The normalized spacial score (nSPS) is 22.2. The Morgan fingerprint density at radius 1 is 1.50 bits per heavy atom. The topological polar surface area (TPSA) is 15.7 Å². The molecule has 0 aromatic carbocycles. The Labute approximate surface area is 62.6 Å². The van der Waals surface area contributed by atoms with Gasteiger partial charge >= 0.3 is 0 Å². The van der Waals surface area contributed by atoms with Gasteiger partial charge in [0.2, 0.25) is 0 Å². The fourth-order valence-electron chi connectivity index (χ4n) is 0.975. The first-order valence-corrected chi connectivity index (χ1v) is 3.54. The summed E-state index contributed by atoms with van der Waals surface area (Å²) in [6.45, 7) is 7.10. The maximum Gasteiger partial charge on any atom is 0.146 e. The van der Waals surface area contributed by atoms with Crippen molar-refractivity contribution in [1.82, 2.24) is 9.80 Å². The lowest BCUT2D eigenvalue weighted by Gasteiger charge is -2.11. The Morgan fingerprint density at radius 2 is 2.30 bits per heavy atom. The second-order valence-corrected chi connectivity index (χ2v) is 2.50. The second-order valence-electron chi connectivity index (χ2n) is 2.50. The molecule has 1 heterocycles. The number of methoxy groups -OCH3 is 1. The second kappa shape index (κ2) is 3.91. The predicted molar refractivity (Wildman–Crippen MR) is 39.3 cm³/mol. The molecule has 1 rings (SSSR count). The number of hydrogen-bond acceptors (Lipinski definition) is 3. The molecule has 1 fully saturated rings. The molecule has 0 aromatic heterocycles. The fraction of sp³-hybridized carbons (Fsp3) is 0.857.